The molecule has 1 aliphatic heterocycles. The molecule has 1 aliphatic rings. The molecule has 1 atom stereocenters. The predicted molar refractivity (Wildman–Crippen MR) is 66.5 cm³/mol. The zero-order chi connectivity index (χ0) is 13.4. The Morgan fingerprint density at radius 2 is 2.37 bits per heavy atom. The average Bonchev–Trinajstić information content (AvgIpc) is 2.78. The Morgan fingerprint density at radius 1 is 1.53 bits per heavy atom. The van der Waals surface area contributed by atoms with Crippen LogP contribution in [0.5, 0.6) is 0 Å². The normalized spacial score (nSPS) is 17.3. The highest BCUT2D eigenvalue weighted by Crippen LogP contribution is 2.28. The van der Waals surface area contributed by atoms with Gasteiger partial charge in [-0.3, -0.25) is 4.98 Å². The van der Waals surface area contributed by atoms with E-state index in [9.17, 15) is 4.79 Å². The van der Waals surface area contributed by atoms with Gasteiger partial charge in [-0.15, -0.1) is 0 Å². The maximum absolute atomic E-state index is 11.1. The first-order chi connectivity index (χ1) is 9.15. The van der Waals surface area contributed by atoms with Crippen LogP contribution in [0.4, 0.5) is 5.95 Å². The van der Waals surface area contributed by atoms with Crippen LogP contribution < -0.4 is 5.32 Å². The Balaban J connectivity index is 2.13. The third-order valence-electron chi connectivity index (χ3n) is 2.83. The third-order valence-corrected chi connectivity index (χ3v) is 2.83. The standard InChI is InChI=1S/C12H11N5O2/c1-7-14-12-15-9(11(18)19)5-10(17(12)16-7)8-3-2-4-13-6-8/h2-6,10H,1H3,(H,18,19)(H,14,15,16)/t10-/m1/s1. The van der Waals surface area contributed by atoms with Crippen molar-refractivity contribution >= 4 is 11.9 Å². The lowest BCUT2D eigenvalue weighted by Crippen LogP contribution is -2.24. The van der Waals surface area contributed by atoms with Gasteiger partial charge in [-0.05, 0) is 24.6 Å². The molecule has 2 N–H and O–H groups in total. The van der Waals surface area contributed by atoms with Crippen LogP contribution in [0.1, 0.15) is 17.4 Å². The van der Waals surface area contributed by atoms with E-state index in [0.29, 0.717) is 11.8 Å². The number of carboxylic acids is 1. The minimum atomic E-state index is -1.03. The quantitative estimate of drug-likeness (QED) is 0.832. The number of fused-ring (bicyclic) bond motifs is 1. The number of rotatable bonds is 2. The highest BCUT2D eigenvalue weighted by Gasteiger charge is 2.26. The van der Waals surface area contributed by atoms with Crippen molar-refractivity contribution in [2.24, 2.45) is 0 Å². The molecule has 0 saturated heterocycles. The second-order valence-corrected chi connectivity index (χ2v) is 4.17. The van der Waals surface area contributed by atoms with Crippen LogP contribution >= 0.6 is 0 Å². The number of allylic oxidation sites excluding steroid dienone is 1. The number of anilines is 1. The second kappa shape index (κ2) is 4.20. The number of carbonyl (C=O) groups is 1. The van der Waals surface area contributed by atoms with E-state index in [1.807, 2.05) is 6.07 Å². The fourth-order valence-corrected chi connectivity index (χ4v) is 2.01. The maximum Gasteiger partial charge on any atom is 0.352 e. The zero-order valence-corrected chi connectivity index (χ0v) is 10.1. The molecule has 0 radical (unpaired) electrons. The van der Waals surface area contributed by atoms with Gasteiger partial charge >= 0.3 is 5.97 Å². The van der Waals surface area contributed by atoms with Gasteiger partial charge in [0, 0.05) is 12.4 Å². The van der Waals surface area contributed by atoms with E-state index in [0.717, 1.165) is 5.56 Å². The van der Waals surface area contributed by atoms with Gasteiger partial charge in [0.1, 0.15) is 17.6 Å². The molecule has 0 aromatic carbocycles. The van der Waals surface area contributed by atoms with Crippen LogP contribution in [0.2, 0.25) is 0 Å². The van der Waals surface area contributed by atoms with Crippen molar-refractivity contribution in [3.8, 4) is 0 Å². The van der Waals surface area contributed by atoms with Crippen molar-refractivity contribution in [3.63, 3.8) is 0 Å². The Hall–Kier alpha value is -2.70. The lowest BCUT2D eigenvalue weighted by atomic mass is 10.1. The van der Waals surface area contributed by atoms with Gasteiger partial charge in [0.25, 0.3) is 0 Å². The third kappa shape index (κ3) is 1.95. The van der Waals surface area contributed by atoms with E-state index in [1.54, 1.807) is 36.1 Å². The average molecular weight is 257 g/mol. The Kier molecular flexibility index (Phi) is 2.52. The van der Waals surface area contributed by atoms with E-state index < -0.39 is 5.97 Å². The number of aryl methyl sites for hydroxylation is 1. The molecule has 3 heterocycles. The van der Waals surface area contributed by atoms with Crippen LogP contribution in [0.3, 0.4) is 0 Å². The lowest BCUT2D eigenvalue weighted by Gasteiger charge is -2.22. The highest BCUT2D eigenvalue weighted by atomic mass is 16.4. The molecule has 96 valence electrons. The highest BCUT2D eigenvalue weighted by molar-refractivity contribution is 5.90. The molecule has 0 spiro atoms. The van der Waals surface area contributed by atoms with Crippen LogP contribution in [0.15, 0.2) is 36.3 Å². The van der Waals surface area contributed by atoms with Gasteiger partial charge in [-0.25, -0.2) is 9.48 Å². The Labute approximate surface area is 108 Å². The number of aromatic nitrogens is 4. The minimum Gasteiger partial charge on any atom is -0.477 e. The van der Waals surface area contributed by atoms with E-state index in [4.69, 9.17) is 5.11 Å². The van der Waals surface area contributed by atoms with Gasteiger partial charge in [0.05, 0.1) is 0 Å². The first-order valence-electron chi connectivity index (χ1n) is 5.70. The molecule has 0 aliphatic carbocycles. The molecule has 0 saturated carbocycles. The van der Waals surface area contributed by atoms with Gasteiger partial charge in [-0.2, -0.15) is 10.1 Å². The molecule has 7 nitrogen and oxygen atoms in total. The number of pyridine rings is 1. The molecular weight excluding hydrogens is 246 g/mol. The molecule has 19 heavy (non-hydrogen) atoms. The van der Waals surface area contributed by atoms with Gasteiger partial charge in [0.15, 0.2) is 0 Å². The summed E-state index contributed by atoms with van der Waals surface area (Å²) in [5.74, 6) is -0.0246. The summed E-state index contributed by atoms with van der Waals surface area (Å²) in [7, 11) is 0. The fraction of sp³-hybridized carbons (Fsp3) is 0.167. The van der Waals surface area contributed by atoms with E-state index >= 15 is 0 Å². The smallest absolute Gasteiger partial charge is 0.352 e. The van der Waals surface area contributed by atoms with Gasteiger partial charge in [0.2, 0.25) is 5.95 Å². The fourth-order valence-electron chi connectivity index (χ4n) is 2.01. The van der Waals surface area contributed by atoms with E-state index in [1.165, 1.54) is 0 Å². The maximum atomic E-state index is 11.1. The number of hydrogen-bond donors (Lipinski definition) is 2. The van der Waals surface area contributed by atoms with Crippen LogP contribution in [-0.2, 0) is 4.79 Å². The molecule has 0 amide bonds. The number of carboxylic acid groups (broad SMARTS) is 1. The van der Waals surface area contributed by atoms with E-state index in [2.05, 4.69) is 20.4 Å². The molecule has 2 aromatic rings. The van der Waals surface area contributed by atoms with E-state index in [-0.39, 0.29) is 11.7 Å². The van der Waals surface area contributed by atoms with Crippen LogP contribution in [-0.4, -0.2) is 30.8 Å². The first kappa shape index (κ1) is 11.4. The topological polar surface area (TPSA) is 92.9 Å². The minimum absolute atomic E-state index is 0.0914. The van der Waals surface area contributed by atoms with Crippen LogP contribution in [0.25, 0.3) is 0 Å². The van der Waals surface area contributed by atoms with Crippen molar-refractivity contribution < 1.29 is 9.90 Å². The molecular formula is C12H11N5O2. The predicted octanol–water partition coefficient (Wildman–Crippen LogP) is 0.965. The summed E-state index contributed by atoms with van der Waals surface area (Å²) in [6, 6.07) is 3.35. The number of hydrogen-bond acceptors (Lipinski definition) is 5. The van der Waals surface area contributed by atoms with Crippen molar-refractivity contribution in [2.45, 2.75) is 13.0 Å². The molecule has 2 aromatic heterocycles. The monoisotopic (exact) mass is 257 g/mol. The molecule has 0 unspecified atom stereocenters. The number of aliphatic carboxylic acids is 1. The van der Waals surface area contributed by atoms with Crippen molar-refractivity contribution in [3.05, 3.63) is 47.7 Å². The molecule has 7 heteroatoms. The van der Waals surface area contributed by atoms with Crippen LogP contribution in [0, 0.1) is 6.92 Å². The number of nitrogens with one attached hydrogen (secondary N) is 1. The molecule has 0 fully saturated rings. The Bertz CT molecular complexity index is 662. The van der Waals surface area contributed by atoms with Crippen molar-refractivity contribution in [2.75, 3.05) is 5.32 Å². The lowest BCUT2D eigenvalue weighted by molar-refractivity contribution is -0.132. The summed E-state index contributed by atoms with van der Waals surface area (Å²) in [4.78, 5) is 19.4. The summed E-state index contributed by atoms with van der Waals surface area (Å²) < 4.78 is 1.65. The number of nitrogens with zero attached hydrogens (tertiary/aromatic N) is 4. The summed E-state index contributed by atoms with van der Waals surface area (Å²) >= 11 is 0. The molecule has 3 rings (SSSR count). The summed E-state index contributed by atoms with van der Waals surface area (Å²) in [5.41, 5.74) is 0.947. The largest absolute Gasteiger partial charge is 0.477 e. The summed E-state index contributed by atoms with van der Waals surface area (Å²) in [6.45, 7) is 1.76. The second-order valence-electron chi connectivity index (χ2n) is 4.17. The SMILES string of the molecule is Cc1nc2n(n1)[C@@H](c1cccnc1)C=C(C(=O)O)N2. The molecule has 0 bridgehead atoms. The first-order valence-corrected chi connectivity index (χ1v) is 5.70. The van der Waals surface area contributed by atoms with Gasteiger partial charge < -0.3 is 10.4 Å². The summed E-state index contributed by atoms with van der Waals surface area (Å²) in [5, 5.41) is 16.2. The zero-order valence-electron chi connectivity index (χ0n) is 10.1. The Morgan fingerprint density at radius 3 is 3.05 bits per heavy atom. The van der Waals surface area contributed by atoms with Crippen molar-refractivity contribution in [1.82, 2.24) is 19.7 Å². The summed E-state index contributed by atoms with van der Waals surface area (Å²) in [6.07, 6.45) is 4.95. The van der Waals surface area contributed by atoms with Gasteiger partial charge in [-0.1, -0.05) is 6.07 Å². The van der Waals surface area contributed by atoms with Crippen molar-refractivity contribution in [1.29, 1.82) is 0 Å².